The van der Waals surface area contributed by atoms with Crippen LogP contribution in [-0.2, 0) is 11.3 Å². The van der Waals surface area contributed by atoms with Crippen LogP contribution in [0.2, 0.25) is 0 Å². The van der Waals surface area contributed by atoms with E-state index in [9.17, 15) is 4.79 Å². The molecule has 3 aromatic heterocycles. The highest BCUT2D eigenvalue weighted by Crippen LogP contribution is 2.24. The molecule has 3 heterocycles. The summed E-state index contributed by atoms with van der Waals surface area (Å²) in [6.45, 7) is 0.484. The maximum Gasteiger partial charge on any atom is 0.335 e. The molecule has 0 spiro atoms. The van der Waals surface area contributed by atoms with Gasteiger partial charge in [-0.25, -0.2) is 19.7 Å². The molecule has 0 saturated carbocycles. The Hall–Kier alpha value is -3.92. The SMILES string of the molecule is O=C(O)[C@H](O)[C@@H](O)[C@H](O)[C@H](O)CO.c1cc(Nc2nccc(-c3cccs3)n2)cc(OCCn2ccnc2)c1. The van der Waals surface area contributed by atoms with Crippen molar-refractivity contribution in [1.29, 1.82) is 0 Å². The molecule has 0 amide bonds. The first kappa shape index (κ1) is 29.6. The van der Waals surface area contributed by atoms with Crippen LogP contribution in [0.25, 0.3) is 10.6 Å². The van der Waals surface area contributed by atoms with Gasteiger partial charge in [0.05, 0.1) is 30.1 Å². The van der Waals surface area contributed by atoms with Gasteiger partial charge in [0.1, 0.15) is 30.7 Å². The van der Waals surface area contributed by atoms with E-state index in [1.165, 1.54) is 0 Å². The van der Waals surface area contributed by atoms with Crippen molar-refractivity contribution in [3.63, 3.8) is 0 Å². The highest BCUT2D eigenvalue weighted by atomic mass is 32.1. The van der Waals surface area contributed by atoms with E-state index in [2.05, 4.69) is 20.3 Å². The fraction of sp³-hybridized carbons (Fsp3) is 0.280. The smallest absolute Gasteiger partial charge is 0.335 e. The van der Waals surface area contributed by atoms with Gasteiger partial charge in [-0.2, -0.15) is 0 Å². The Morgan fingerprint density at radius 2 is 1.90 bits per heavy atom. The first-order valence-electron chi connectivity index (χ1n) is 11.7. The fourth-order valence-electron chi connectivity index (χ4n) is 3.13. The molecule has 0 fully saturated rings. The number of anilines is 2. The number of nitrogens with zero attached hydrogens (tertiary/aromatic N) is 4. The largest absolute Gasteiger partial charge is 0.492 e. The Balaban J connectivity index is 0.000000276. The normalized spacial score (nSPS) is 13.9. The maximum absolute atomic E-state index is 10.1. The summed E-state index contributed by atoms with van der Waals surface area (Å²) in [5.74, 6) is -0.368. The number of aromatic nitrogens is 4. The Bertz CT molecular complexity index is 1280. The van der Waals surface area contributed by atoms with Gasteiger partial charge in [-0.05, 0) is 29.6 Å². The molecule has 7 N–H and O–H groups in total. The lowest BCUT2D eigenvalue weighted by molar-refractivity contribution is -0.164. The molecule has 208 valence electrons. The number of aliphatic hydroxyl groups is 5. The van der Waals surface area contributed by atoms with Crippen LogP contribution in [0.15, 0.2) is 72.8 Å². The third kappa shape index (κ3) is 9.10. The summed E-state index contributed by atoms with van der Waals surface area (Å²) in [7, 11) is 0. The zero-order chi connectivity index (χ0) is 28.2. The van der Waals surface area contributed by atoms with Crippen molar-refractivity contribution in [2.75, 3.05) is 18.5 Å². The summed E-state index contributed by atoms with van der Waals surface area (Å²) in [6, 6.07) is 13.7. The zero-order valence-corrected chi connectivity index (χ0v) is 21.4. The molecule has 13 nitrogen and oxygen atoms in total. The molecule has 14 heteroatoms. The number of nitrogens with one attached hydrogen (secondary N) is 1. The van der Waals surface area contributed by atoms with Crippen molar-refractivity contribution in [3.8, 4) is 16.3 Å². The van der Waals surface area contributed by atoms with Crippen molar-refractivity contribution in [3.05, 3.63) is 72.8 Å². The second-order valence-corrected chi connectivity index (χ2v) is 9.01. The van der Waals surface area contributed by atoms with Crippen molar-refractivity contribution in [1.82, 2.24) is 19.5 Å². The summed E-state index contributed by atoms with van der Waals surface area (Å²) < 4.78 is 7.79. The molecule has 0 aliphatic rings. The standard InChI is InChI=1S/C19H17N5OS.C6H12O7/c1-3-15(13-16(4-1)25-11-10-24-9-8-20-14-24)22-19-21-7-6-17(23-19)18-5-2-12-26-18;7-1-2(8)3(9)4(10)5(11)6(12)13/h1-9,12-14H,10-11H2,(H,21,22,23);2-5,7-11H,1H2,(H,12,13)/t;2-,3-,4+,5-/m.1/s1. The van der Waals surface area contributed by atoms with Gasteiger partial charge in [-0.15, -0.1) is 11.3 Å². The molecular weight excluding hydrogens is 530 g/mol. The van der Waals surface area contributed by atoms with E-state index < -0.39 is 37.0 Å². The van der Waals surface area contributed by atoms with Gasteiger partial charge < -0.3 is 45.3 Å². The van der Waals surface area contributed by atoms with Crippen LogP contribution in [0.3, 0.4) is 0 Å². The average molecular weight is 560 g/mol. The third-order valence-corrected chi connectivity index (χ3v) is 6.10. The number of ether oxygens (including phenoxy) is 1. The molecule has 0 bridgehead atoms. The molecule has 0 saturated heterocycles. The van der Waals surface area contributed by atoms with Crippen LogP contribution in [0, 0.1) is 0 Å². The van der Waals surface area contributed by atoms with E-state index in [1.807, 2.05) is 58.6 Å². The predicted molar refractivity (Wildman–Crippen MR) is 142 cm³/mol. The number of benzene rings is 1. The van der Waals surface area contributed by atoms with Gasteiger partial charge in [0.15, 0.2) is 6.10 Å². The number of hydrogen-bond donors (Lipinski definition) is 7. The van der Waals surface area contributed by atoms with Crippen LogP contribution in [0.4, 0.5) is 11.6 Å². The van der Waals surface area contributed by atoms with Gasteiger partial charge in [0, 0.05) is 30.3 Å². The number of thiophene rings is 1. The number of hydrogen-bond acceptors (Lipinski definition) is 12. The summed E-state index contributed by atoms with van der Waals surface area (Å²) >= 11 is 1.66. The molecule has 4 aromatic rings. The quantitative estimate of drug-likeness (QED) is 0.128. The first-order valence-corrected chi connectivity index (χ1v) is 12.5. The lowest BCUT2D eigenvalue weighted by atomic mass is 10.0. The highest BCUT2D eigenvalue weighted by Gasteiger charge is 2.33. The number of carbonyl (C=O) groups is 1. The summed E-state index contributed by atoms with van der Waals surface area (Å²) in [4.78, 5) is 24.1. The van der Waals surface area contributed by atoms with Crippen LogP contribution in [0.1, 0.15) is 0 Å². The van der Waals surface area contributed by atoms with Gasteiger partial charge in [0.2, 0.25) is 5.95 Å². The van der Waals surface area contributed by atoms with Crippen molar-refractivity contribution >= 4 is 28.9 Å². The van der Waals surface area contributed by atoms with Crippen molar-refractivity contribution in [2.45, 2.75) is 31.0 Å². The summed E-state index contributed by atoms with van der Waals surface area (Å²) in [5.41, 5.74) is 1.79. The van der Waals surface area contributed by atoms with E-state index in [4.69, 9.17) is 35.4 Å². The van der Waals surface area contributed by atoms with Gasteiger partial charge in [0.25, 0.3) is 0 Å². The minimum Gasteiger partial charge on any atom is -0.492 e. The Labute approximate surface area is 227 Å². The Morgan fingerprint density at radius 1 is 1.08 bits per heavy atom. The molecule has 0 unspecified atom stereocenters. The first-order chi connectivity index (χ1) is 18.8. The van der Waals surface area contributed by atoms with Gasteiger partial charge in [-0.3, -0.25) is 0 Å². The van der Waals surface area contributed by atoms with Crippen molar-refractivity contribution < 1.29 is 40.2 Å². The lowest BCUT2D eigenvalue weighted by Gasteiger charge is -2.23. The number of aliphatic hydroxyl groups excluding tert-OH is 5. The van der Waals surface area contributed by atoms with Crippen LogP contribution < -0.4 is 10.1 Å². The number of carboxylic acids is 1. The third-order valence-electron chi connectivity index (χ3n) is 5.20. The Morgan fingerprint density at radius 3 is 2.56 bits per heavy atom. The molecule has 0 radical (unpaired) electrons. The molecule has 1 aromatic carbocycles. The second kappa shape index (κ2) is 14.9. The lowest BCUT2D eigenvalue weighted by Crippen LogP contribution is -2.48. The minimum absolute atomic E-state index is 0.562. The van der Waals surface area contributed by atoms with E-state index in [0.717, 1.165) is 28.6 Å². The van der Waals surface area contributed by atoms with Gasteiger partial charge >= 0.3 is 5.97 Å². The summed E-state index contributed by atoms with van der Waals surface area (Å²) in [5, 5.41) is 57.1. The maximum atomic E-state index is 10.1. The average Bonchev–Trinajstić information content (AvgIpc) is 3.67. The molecule has 4 rings (SSSR count). The van der Waals surface area contributed by atoms with Crippen LogP contribution >= 0.6 is 11.3 Å². The van der Waals surface area contributed by atoms with Crippen molar-refractivity contribution in [2.24, 2.45) is 0 Å². The molecule has 0 aliphatic carbocycles. The van der Waals surface area contributed by atoms with E-state index in [-0.39, 0.29) is 0 Å². The number of rotatable bonds is 12. The molecule has 39 heavy (non-hydrogen) atoms. The molecule has 0 aliphatic heterocycles. The molecular formula is C25H29N5O8S. The second-order valence-electron chi connectivity index (χ2n) is 8.06. The Kier molecular flexibility index (Phi) is 11.3. The van der Waals surface area contributed by atoms with Crippen LogP contribution in [0.5, 0.6) is 5.75 Å². The topological polar surface area (TPSA) is 203 Å². The van der Waals surface area contributed by atoms with E-state index in [1.54, 1.807) is 30.1 Å². The number of imidazole rings is 1. The van der Waals surface area contributed by atoms with Crippen LogP contribution in [-0.4, -0.2) is 93.8 Å². The number of aliphatic carboxylic acids is 1. The fourth-order valence-corrected chi connectivity index (χ4v) is 3.82. The van der Waals surface area contributed by atoms with E-state index >= 15 is 0 Å². The zero-order valence-electron chi connectivity index (χ0n) is 20.6. The minimum atomic E-state index is -2.20. The van der Waals surface area contributed by atoms with E-state index in [0.29, 0.717) is 12.6 Å². The number of carboxylic acid groups (broad SMARTS) is 1. The van der Waals surface area contributed by atoms with Gasteiger partial charge in [-0.1, -0.05) is 12.1 Å². The highest BCUT2D eigenvalue weighted by molar-refractivity contribution is 7.13. The summed E-state index contributed by atoms with van der Waals surface area (Å²) in [6.07, 6.45) is -0.626. The predicted octanol–water partition coefficient (Wildman–Crippen LogP) is 0.731. The molecule has 4 atom stereocenters. The monoisotopic (exact) mass is 559 g/mol.